The van der Waals surface area contributed by atoms with E-state index in [1.165, 1.54) is 6.92 Å². The molecule has 3 N–H and O–H groups in total. The molecular formula is C20H24O10. The van der Waals surface area contributed by atoms with Crippen LogP contribution < -0.4 is 0 Å². The Morgan fingerprint density at radius 2 is 1.70 bits per heavy atom. The highest BCUT2D eigenvalue weighted by Crippen LogP contribution is 2.84. The molecule has 2 saturated carbocycles. The van der Waals surface area contributed by atoms with Gasteiger partial charge >= 0.3 is 17.9 Å². The van der Waals surface area contributed by atoms with Crippen LogP contribution in [0.3, 0.4) is 0 Å². The van der Waals surface area contributed by atoms with Crippen LogP contribution in [0.2, 0.25) is 0 Å². The number of fused-ring (bicyclic) bond motifs is 1. The maximum Gasteiger partial charge on any atom is 0.343 e. The lowest BCUT2D eigenvalue weighted by atomic mass is 9.51. The molecule has 10 heteroatoms. The largest absolute Gasteiger partial charge is 0.459 e. The summed E-state index contributed by atoms with van der Waals surface area (Å²) >= 11 is 0. The van der Waals surface area contributed by atoms with Crippen molar-refractivity contribution in [2.45, 2.75) is 76.0 Å². The fourth-order valence-electron chi connectivity index (χ4n) is 8.12. The number of carbonyl (C=O) groups is 3. The van der Waals surface area contributed by atoms with Gasteiger partial charge in [0.2, 0.25) is 11.9 Å². The van der Waals surface area contributed by atoms with Crippen molar-refractivity contribution in [2.75, 3.05) is 0 Å². The van der Waals surface area contributed by atoms with Crippen LogP contribution in [-0.2, 0) is 33.3 Å². The van der Waals surface area contributed by atoms with Gasteiger partial charge in [-0.25, -0.2) is 9.59 Å². The number of esters is 3. The average molecular weight is 424 g/mol. The van der Waals surface area contributed by atoms with E-state index in [0.29, 0.717) is 0 Å². The second-order valence-corrected chi connectivity index (χ2v) is 10.7. The first-order chi connectivity index (χ1) is 13.8. The van der Waals surface area contributed by atoms with Gasteiger partial charge in [0.05, 0.1) is 16.7 Å². The van der Waals surface area contributed by atoms with E-state index in [2.05, 4.69) is 0 Å². The number of aliphatic hydroxyl groups excluding tert-OH is 2. The minimum atomic E-state index is -2.24. The van der Waals surface area contributed by atoms with Gasteiger partial charge in [0.1, 0.15) is 12.2 Å². The molecule has 0 radical (unpaired) electrons. The van der Waals surface area contributed by atoms with Gasteiger partial charge in [-0.15, -0.1) is 0 Å². The monoisotopic (exact) mass is 424 g/mol. The third kappa shape index (κ3) is 1.33. The van der Waals surface area contributed by atoms with Crippen molar-refractivity contribution in [3.05, 3.63) is 0 Å². The molecule has 2 aliphatic carbocycles. The van der Waals surface area contributed by atoms with Gasteiger partial charge in [-0.05, 0) is 24.7 Å². The lowest BCUT2D eigenvalue weighted by Crippen LogP contribution is -2.67. The Morgan fingerprint density at radius 3 is 2.33 bits per heavy atom. The van der Waals surface area contributed by atoms with Crippen molar-refractivity contribution in [1.29, 1.82) is 0 Å². The van der Waals surface area contributed by atoms with E-state index in [1.807, 2.05) is 20.8 Å². The Bertz CT molecular complexity index is 925. The Balaban J connectivity index is 1.72. The summed E-state index contributed by atoms with van der Waals surface area (Å²) in [5, 5.41) is 34.7. The molecule has 0 bridgehead atoms. The molecule has 6 aliphatic rings. The Labute approximate surface area is 171 Å². The third-order valence-electron chi connectivity index (χ3n) is 9.00. The first kappa shape index (κ1) is 19.0. The second kappa shape index (κ2) is 4.69. The minimum absolute atomic E-state index is 0.229. The van der Waals surface area contributed by atoms with Crippen LogP contribution in [0.5, 0.6) is 0 Å². The number of rotatable bonds is 0. The van der Waals surface area contributed by atoms with Crippen molar-refractivity contribution in [1.82, 2.24) is 0 Å². The fraction of sp³-hybridized carbons (Fsp3) is 0.850. The van der Waals surface area contributed by atoms with Gasteiger partial charge in [0.15, 0.2) is 17.8 Å². The third-order valence-corrected chi connectivity index (χ3v) is 9.00. The van der Waals surface area contributed by atoms with Gasteiger partial charge in [-0.3, -0.25) is 4.79 Å². The number of hydrogen-bond donors (Lipinski definition) is 3. The Kier molecular flexibility index (Phi) is 2.97. The van der Waals surface area contributed by atoms with Crippen LogP contribution in [0.1, 0.15) is 34.1 Å². The zero-order valence-corrected chi connectivity index (χ0v) is 16.9. The minimum Gasteiger partial charge on any atom is -0.459 e. The Hall–Kier alpha value is -1.75. The van der Waals surface area contributed by atoms with Gasteiger partial charge in [0, 0.05) is 0 Å². The SMILES string of the molecule is C[C@@H]1C(=O)O[C@H]2[C@@H](O)[C@@]34[C@H]5CC(C(C)(C)C)[C@]36[C@@H](OC(=O)[C@@H]6O)O[C@@]4(C(=O)O5)[C@@]12O. The highest BCUT2D eigenvalue weighted by atomic mass is 16.8. The van der Waals surface area contributed by atoms with Crippen LogP contribution in [0, 0.1) is 28.1 Å². The normalized spacial score (nSPS) is 60.1. The molecule has 0 aromatic heterocycles. The molecule has 4 aliphatic heterocycles. The van der Waals surface area contributed by atoms with Crippen molar-refractivity contribution >= 4 is 17.9 Å². The topological polar surface area (TPSA) is 149 Å². The zero-order valence-electron chi connectivity index (χ0n) is 16.9. The standard InChI is InChI=1S/C20H24O10/c1-6-12(23)28-11-9(21)18-8-5-7(16(2,3)4)17(18)10(22)13(24)29-15(17)30-20(18,14(25)27-8)19(6,11)26/h6-11,15,21-22,26H,5H2,1-4H3/t6-,7?,8-,9-,10+,11+,15+,17+,18+,19-,20-/m1/s1. The molecule has 4 saturated heterocycles. The molecule has 1 unspecified atom stereocenters. The number of hydrogen-bond acceptors (Lipinski definition) is 10. The first-order valence-electron chi connectivity index (χ1n) is 10.2. The molecule has 0 aromatic rings. The summed E-state index contributed by atoms with van der Waals surface area (Å²) in [4.78, 5) is 38.2. The molecule has 11 atom stereocenters. The summed E-state index contributed by atoms with van der Waals surface area (Å²) in [6.07, 6.45) is -6.91. The smallest absolute Gasteiger partial charge is 0.343 e. The van der Waals surface area contributed by atoms with Crippen LogP contribution >= 0.6 is 0 Å². The molecule has 6 fully saturated rings. The van der Waals surface area contributed by atoms with Crippen molar-refractivity contribution < 1.29 is 48.7 Å². The number of aliphatic hydroxyl groups is 3. The van der Waals surface area contributed by atoms with E-state index in [4.69, 9.17) is 18.9 Å². The molecule has 2 spiro atoms. The van der Waals surface area contributed by atoms with E-state index >= 15 is 0 Å². The van der Waals surface area contributed by atoms with Crippen molar-refractivity contribution in [2.24, 2.45) is 28.1 Å². The lowest BCUT2D eigenvalue weighted by Gasteiger charge is -2.47. The van der Waals surface area contributed by atoms with E-state index in [0.717, 1.165) is 0 Å². The molecule has 10 nitrogen and oxygen atoms in total. The van der Waals surface area contributed by atoms with Gasteiger partial charge < -0.3 is 34.3 Å². The molecule has 0 amide bonds. The number of carbonyl (C=O) groups excluding carboxylic acids is 3. The molecule has 30 heavy (non-hydrogen) atoms. The van der Waals surface area contributed by atoms with Crippen LogP contribution in [0.25, 0.3) is 0 Å². The number of ether oxygens (including phenoxy) is 4. The molecule has 0 aromatic carbocycles. The van der Waals surface area contributed by atoms with Crippen molar-refractivity contribution in [3.63, 3.8) is 0 Å². The van der Waals surface area contributed by atoms with Gasteiger partial charge in [-0.2, -0.15) is 0 Å². The summed E-state index contributed by atoms with van der Waals surface area (Å²) in [6.45, 7) is 7.14. The summed E-state index contributed by atoms with van der Waals surface area (Å²) in [6, 6.07) is 0. The van der Waals surface area contributed by atoms with Gasteiger partial charge in [0.25, 0.3) is 0 Å². The maximum atomic E-state index is 13.4. The zero-order chi connectivity index (χ0) is 21.8. The van der Waals surface area contributed by atoms with Gasteiger partial charge in [-0.1, -0.05) is 20.8 Å². The van der Waals surface area contributed by atoms with Crippen LogP contribution in [0.15, 0.2) is 0 Å². The first-order valence-corrected chi connectivity index (χ1v) is 10.2. The van der Waals surface area contributed by atoms with Crippen LogP contribution in [0.4, 0.5) is 0 Å². The molecular weight excluding hydrogens is 400 g/mol. The van der Waals surface area contributed by atoms with E-state index in [9.17, 15) is 29.7 Å². The van der Waals surface area contributed by atoms with Crippen LogP contribution in [-0.4, -0.2) is 75.1 Å². The predicted molar refractivity (Wildman–Crippen MR) is 92.0 cm³/mol. The van der Waals surface area contributed by atoms with Crippen molar-refractivity contribution in [3.8, 4) is 0 Å². The van der Waals surface area contributed by atoms with E-state index in [1.54, 1.807) is 0 Å². The average Bonchev–Trinajstić information content (AvgIpc) is 3.35. The second-order valence-electron chi connectivity index (χ2n) is 10.7. The fourth-order valence-corrected chi connectivity index (χ4v) is 8.12. The highest BCUT2D eigenvalue weighted by molar-refractivity contribution is 5.94. The Morgan fingerprint density at radius 1 is 1.03 bits per heavy atom. The predicted octanol–water partition coefficient (Wildman–Crippen LogP) is -1.37. The quantitative estimate of drug-likeness (QED) is 0.314. The van der Waals surface area contributed by atoms with E-state index in [-0.39, 0.29) is 6.42 Å². The molecule has 164 valence electrons. The summed E-state index contributed by atoms with van der Waals surface area (Å²) < 4.78 is 22.5. The van der Waals surface area contributed by atoms with E-state index < -0.39 is 87.9 Å². The highest BCUT2D eigenvalue weighted by Gasteiger charge is 3.03. The molecule has 4 heterocycles. The summed E-state index contributed by atoms with van der Waals surface area (Å²) in [5.74, 6) is -4.32. The molecule has 6 rings (SSSR count). The maximum absolute atomic E-state index is 13.4. The lowest BCUT2D eigenvalue weighted by molar-refractivity contribution is -0.239. The summed E-state index contributed by atoms with van der Waals surface area (Å²) in [7, 11) is 0. The summed E-state index contributed by atoms with van der Waals surface area (Å²) in [5.41, 5.74) is -8.26.